The van der Waals surface area contributed by atoms with E-state index in [0.717, 1.165) is 31.7 Å². The van der Waals surface area contributed by atoms with Gasteiger partial charge in [0, 0.05) is 36.4 Å². The Bertz CT molecular complexity index is 1130. The van der Waals surface area contributed by atoms with E-state index in [9.17, 15) is 14.4 Å². The number of anilines is 2. The van der Waals surface area contributed by atoms with Crippen molar-refractivity contribution in [2.24, 2.45) is 0 Å². The number of aromatic nitrogens is 2. The molecule has 0 saturated carbocycles. The predicted octanol–water partition coefficient (Wildman–Crippen LogP) is 2.28. The lowest BCUT2D eigenvalue weighted by atomic mass is 10.1. The van der Waals surface area contributed by atoms with Gasteiger partial charge >= 0.3 is 0 Å². The molecule has 2 aromatic heterocycles. The quantitative estimate of drug-likeness (QED) is 0.604. The fourth-order valence-electron chi connectivity index (χ4n) is 3.64. The molecule has 8 heteroatoms. The molecule has 2 amide bonds. The summed E-state index contributed by atoms with van der Waals surface area (Å²) in [6.07, 6.45) is 6.46. The maximum atomic E-state index is 12.5. The summed E-state index contributed by atoms with van der Waals surface area (Å²) in [5, 5.41) is 5.76. The van der Waals surface area contributed by atoms with Crippen molar-refractivity contribution < 1.29 is 9.59 Å². The molecule has 3 N–H and O–H groups in total. The molecule has 0 atom stereocenters. The van der Waals surface area contributed by atoms with E-state index >= 15 is 0 Å². The Kier molecular flexibility index (Phi) is 5.74. The van der Waals surface area contributed by atoms with Gasteiger partial charge in [-0.05, 0) is 43.5 Å². The maximum Gasteiger partial charge on any atom is 0.257 e. The second-order valence-corrected chi connectivity index (χ2v) is 7.23. The molecule has 1 aliphatic rings. The zero-order valence-electron chi connectivity index (χ0n) is 16.5. The van der Waals surface area contributed by atoms with E-state index < -0.39 is 5.91 Å². The highest BCUT2D eigenvalue weighted by atomic mass is 16.2. The third kappa shape index (κ3) is 4.17. The number of rotatable bonds is 5. The topological polar surface area (TPSA) is 107 Å². The van der Waals surface area contributed by atoms with Gasteiger partial charge < -0.3 is 20.5 Å². The Balaban J connectivity index is 1.42. The summed E-state index contributed by atoms with van der Waals surface area (Å²) in [4.78, 5) is 46.9. The average molecular weight is 405 g/mol. The standard InChI is InChI=1S/C22H23N5O3/c28-19(26-18-9-6-10-23-21(18)27-11-4-1-5-12-27)14-25-22(30)16-13-24-17-8-3-2-7-15(17)20(16)29/h2-3,6-10,13H,1,4-5,11-12,14H2,(H,24,29)(H,25,30)(H,26,28). The van der Waals surface area contributed by atoms with Crippen molar-refractivity contribution in [1.29, 1.82) is 0 Å². The number of pyridine rings is 2. The maximum absolute atomic E-state index is 12.5. The third-order valence-electron chi connectivity index (χ3n) is 5.16. The predicted molar refractivity (Wildman–Crippen MR) is 116 cm³/mol. The van der Waals surface area contributed by atoms with Gasteiger partial charge in [-0.25, -0.2) is 4.98 Å². The highest BCUT2D eigenvalue weighted by Crippen LogP contribution is 2.25. The van der Waals surface area contributed by atoms with Gasteiger partial charge in [-0.15, -0.1) is 0 Å². The first-order valence-electron chi connectivity index (χ1n) is 10.0. The van der Waals surface area contributed by atoms with Gasteiger partial charge in [0.25, 0.3) is 5.91 Å². The van der Waals surface area contributed by atoms with E-state index in [1.54, 1.807) is 42.6 Å². The van der Waals surface area contributed by atoms with Crippen molar-refractivity contribution >= 4 is 34.2 Å². The highest BCUT2D eigenvalue weighted by Gasteiger charge is 2.18. The van der Waals surface area contributed by atoms with Crippen molar-refractivity contribution in [2.75, 3.05) is 29.9 Å². The first-order chi connectivity index (χ1) is 14.6. The van der Waals surface area contributed by atoms with Gasteiger partial charge in [-0.3, -0.25) is 14.4 Å². The van der Waals surface area contributed by atoms with E-state index in [2.05, 4.69) is 25.5 Å². The minimum Gasteiger partial charge on any atom is -0.360 e. The van der Waals surface area contributed by atoms with Gasteiger partial charge in [0.05, 0.1) is 12.2 Å². The van der Waals surface area contributed by atoms with E-state index in [1.165, 1.54) is 12.6 Å². The number of benzene rings is 1. The van der Waals surface area contributed by atoms with Crippen LogP contribution in [0, 0.1) is 0 Å². The highest BCUT2D eigenvalue weighted by molar-refractivity contribution is 6.01. The van der Waals surface area contributed by atoms with E-state index in [1.807, 2.05) is 0 Å². The minimum absolute atomic E-state index is 0.0307. The smallest absolute Gasteiger partial charge is 0.257 e. The minimum atomic E-state index is -0.598. The Morgan fingerprint density at radius 1 is 1.07 bits per heavy atom. The Morgan fingerprint density at radius 2 is 1.87 bits per heavy atom. The molecule has 3 aromatic rings. The molecule has 154 valence electrons. The van der Waals surface area contributed by atoms with Gasteiger partial charge in [-0.1, -0.05) is 12.1 Å². The molecule has 3 heterocycles. The summed E-state index contributed by atoms with van der Waals surface area (Å²) in [6, 6.07) is 10.5. The molecule has 0 bridgehead atoms. The van der Waals surface area contributed by atoms with Gasteiger partial charge in [-0.2, -0.15) is 0 Å². The molecule has 0 aliphatic carbocycles. The lowest BCUT2D eigenvalue weighted by molar-refractivity contribution is -0.115. The summed E-state index contributed by atoms with van der Waals surface area (Å²) in [5.41, 5.74) is 0.861. The Morgan fingerprint density at radius 3 is 2.70 bits per heavy atom. The molecular formula is C22H23N5O3. The van der Waals surface area contributed by atoms with E-state index in [0.29, 0.717) is 16.6 Å². The lowest BCUT2D eigenvalue weighted by Crippen LogP contribution is -2.36. The van der Waals surface area contributed by atoms with Gasteiger partial charge in [0.1, 0.15) is 5.56 Å². The first-order valence-corrected chi connectivity index (χ1v) is 10.0. The normalized spacial score (nSPS) is 13.8. The Labute approximate surface area is 173 Å². The van der Waals surface area contributed by atoms with Crippen molar-refractivity contribution in [2.45, 2.75) is 19.3 Å². The van der Waals surface area contributed by atoms with Crippen molar-refractivity contribution in [1.82, 2.24) is 15.3 Å². The number of nitrogens with one attached hydrogen (secondary N) is 3. The lowest BCUT2D eigenvalue weighted by Gasteiger charge is -2.29. The second-order valence-electron chi connectivity index (χ2n) is 7.23. The van der Waals surface area contributed by atoms with Crippen molar-refractivity contribution in [3.8, 4) is 0 Å². The molecule has 0 radical (unpaired) electrons. The fraction of sp³-hybridized carbons (Fsp3) is 0.273. The number of hydrogen-bond acceptors (Lipinski definition) is 5. The van der Waals surface area contributed by atoms with Crippen LogP contribution in [-0.2, 0) is 4.79 Å². The number of aromatic amines is 1. The summed E-state index contributed by atoms with van der Waals surface area (Å²) in [5.74, 6) is -0.241. The van der Waals surface area contributed by atoms with E-state index in [-0.39, 0.29) is 23.4 Å². The number of para-hydroxylation sites is 1. The monoisotopic (exact) mass is 405 g/mol. The van der Waals surface area contributed by atoms with Gasteiger partial charge in [0.2, 0.25) is 11.3 Å². The molecule has 30 heavy (non-hydrogen) atoms. The van der Waals surface area contributed by atoms with Crippen LogP contribution in [0.25, 0.3) is 10.9 Å². The molecule has 4 rings (SSSR count). The molecule has 1 fully saturated rings. The van der Waals surface area contributed by atoms with Crippen molar-refractivity contribution in [3.05, 3.63) is 64.6 Å². The zero-order valence-corrected chi connectivity index (χ0v) is 16.5. The van der Waals surface area contributed by atoms with Crippen LogP contribution in [0.1, 0.15) is 29.6 Å². The number of nitrogens with zero attached hydrogens (tertiary/aromatic N) is 2. The third-order valence-corrected chi connectivity index (χ3v) is 5.16. The fourth-order valence-corrected chi connectivity index (χ4v) is 3.64. The molecular weight excluding hydrogens is 382 g/mol. The van der Waals surface area contributed by atoms with Crippen molar-refractivity contribution in [3.63, 3.8) is 0 Å². The van der Waals surface area contributed by atoms with Crippen LogP contribution in [0.15, 0.2) is 53.6 Å². The second kappa shape index (κ2) is 8.77. The van der Waals surface area contributed by atoms with Crippen LogP contribution in [0.5, 0.6) is 0 Å². The van der Waals surface area contributed by atoms with Crippen LogP contribution >= 0.6 is 0 Å². The van der Waals surface area contributed by atoms with Crippen LogP contribution in [0.4, 0.5) is 11.5 Å². The van der Waals surface area contributed by atoms with Crippen LogP contribution in [0.2, 0.25) is 0 Å². The Hall–Kier alpha value is -3.68. The molecule has 0 spiro atoms. The van der Waals surface area contributed by atoms with Crippen LogP contribution < -0.4 is 21.0 Å². The van der Waals surface area contributed by atoms with Crippen LogP contribution in [-0.4, -0.2) is 41.4 Å². The average Bonchev–Trinajstić information content (AvgIpc) is 2.79. The number of carbonyl (C=O) groups is 2. The number of piperidine rings is 1. The molecule has 8 nitrogen and oxygen atoms in total. The molecule has 0 unspecified atom stereocenters. The summed E-state index contributed by atoms with van der Waals surface area (Å²) < 4.78 is 0. The number of hydrogen-bond donors (Lipinski definition) is 3. The largest absolute Gasteiger partial charge is 0.360 e. The summed E-state index contributed by atoms with van der Waals surface area (Å²) in [6.45, 7) is 1.56. The number of H-pyrrole nitrogens is 1. The molecule has 1 aliphatic heterocycles. The summed E-state index contributed by atoms with van der Waals surface area (Å²) in [7, 11) is 0. The van der Waals surface area contributed by atoms with Crippen LogP contribution in [0.3, 0.4) is 0 Å². The zero-order chi connectivity index (χ0) is 20.9. The molecule has 1 aromatic carbocycles. The molecule has 1 saturated heterocycles. The number of amides is 2. The summed E-state index contributed by atoms with van der Waals surface area (Å²) >= 11 is 0. The number of fused-ring (bicyclic) bond motifs is 1. The SMILES string of the molecule is O=C(CNC(=O)c1c[nH]c2ccccc2c1=O)Nc1cccnc1N1CCCCC1. The van der Waals surface area contributed by atoms with Gasteiger partial charge in [0.15, 0.2) is 5.82 Å². The number of carbonyl (C=O) groups excluding carboxylic acids is 2. The first kappa shape index (κ1) is 19.6. The van der Waals surface area contributed by atoms with E-state index in [4.69, 9.17) is 0 Å².